The van der Waals surface area contributed by atoms with E-state index in [0.717, 1.165) is 0 Å². The van der Waals surface area contributed by atoms with Crippen molar-refractivity contribution in [3.05, 3.63) is 35.6 Å². The number of halogens is 1. The molecule has 0 radical (unpaired) electrons. The minimum absolute atomic E-state index is 0.0395. The van der Waals surface area contributed by atoms with Crippen LogP contribution in [0.4, 0.5) is 4.39 Å². The Morgan fingerprint density at radius 1 is 1.21 bits per heavy atom. The SMILES string of the molecule is CCOC(=O)CCC(=O)COCc1ccccc1F. The largest absolute Gasteiger partial charge is 0.466 e. The quantitative estimate of drug-likeness (QED) is 0.679. The van der Waals surface area contributed by atoms with E-state index < -0.39 is 5.97 Å². The number of hydrogen-bond donors (Lipinski definition) is 0. The van der Waals surface area contributed by atoms with Gasteiger partial charge in [0.2, 0.25) is 0 Å². The number of esters is 1. The van der Waals surface area contributed by atoms with E-state index >= 15 is 0 Å². The Bertz CT molecular complexity index is 431. The van der Waals surface area contributed by atoms with Crippen molar-refractivity contribution in [3.8, 4) is 0 Å². The summed E-state index contributed by atoms with van der Waals surface area (Å²) in [7, 11) is 0. The fourth-order valence-electron chi connectivity index (χ4n) is 1.44. The van der Waals surface area contributed by atoms with Gasteiger partial charge in [-0.2, -0.15) is 0 Å². The second kappa shape index (κ2) is 8.37. The van der Waals surface area contributed by atoms with Crippen LogP contribution >= 0.6 is 0 Å². The van der Waals surface area contributed by atoms with Crippen molar-refractivity contribution < 1.29 is 23.5 Å². The zero-order valence-electron chi connectivity index (χ0n) is 10.9. The molecule has 1 aromatic carbocycles. The monoisotopic (exact) mass is 268 g/mol. The summed E-state index contributed by atoms with van der Waals surface area (Å²) in [5, 5.41) is 0. The van der Waals surface area contributed by atoms with E-state index in [1.54, 1.807) is 25.1 Å². The van der Waals surface area contributed by atoms with Crippen molar-refractivity contribution in [2.24, 2.45) is 0 Å². The van der Waals surface area contributed by atoms with Gasteiger partial charge in [-0.25, -0.2) is 4.39 Å². The Balaban J connectivity index is 2.21. The molecule has 0 aliphatic heterocycles. The molecular formula is C14H17FO4. The molecule has 0 aliphatic carbocycles. The van der Waals surface area contributed by atoms with Crippen LogP contribution in [0, 0.1) is 5.82 Å². The van der Waals surface area contributed by atoms with Crippen LogP contribution in [-0.2, 0) is 25.7 Å². The van der Waals surface area contributed by atoms with Gasteiger partial charge in [0.25, 0.3) is 0 Å². The van der Waals surface area contributed by atoms with Crippen molar-refractivity contribution in [2.45, 2.75) is 26.4 Å². The summed E-state index contributed by atoms with van der Waals surface area (Å²) < 4.78 is 23.0. The second-order valence-electron chi connectivity index (χ2n) is 3.93. The molecule has 0 aliphatic rings. The number of hydrogen-bond acceptors (Lipinski definition) is 4. The first-order valence-corrected chi connectivity index (χ1v) is 6.12. The van der Waals surface area contributed by atoms with Crippen LogP contribution < -0.4 is 0 Å². The van der Waals surface area contributed by atoms with Gasteiger partial charge < -0.3 is 9.47 Å². The van der Waals surface area contributed by atoms with Gasteiger partial charge in [0.05, 0.1) is 19.6 Å². The van der Waals surface area contributed by atoms with Gasteiger partial charge in [0.1, 0.15) is 12.4 Å². The molecule has 0 spiro atoms. The highest BCUT2D eigenvalue weighted by Gasteiger charge is 2.08. The highest BCUT2D eigenvalue weighted by atomic mass is 19.1. The Hall–Kier alpha value is -1.75. The molecule has 19 heavy (non-hydrogen) atoms. The molecule has 5 heteroatoms. The number of rotatable bonds is 8. The number of Topliss-reactive ketones (excluding diaryl/α,β-unsaturated/α-hetero) is 1. The highest BCUT2D eigenvalue weighted by Crippen LogP contribution is 2.07. The molecule has 1 aromatic rings. The Labute approximate surface area is 111 Å². The maximum atomic E-state index is 13.2. The minimum Gasteiger partial charge on any atom is -0.466 e. The Morgan fingerprint density at radius 2 is 1.95 bits per heavy atom. The maximum absolute atomic E-state index is 13.2. The van der Waals surface area contributed by atoms with E-state index in [-0.39, 0.29) is 37.7 Å². The molecule has 0 unspecified atom stereocenters. The number of carbonyl (C=O) groups excluding carboxylic acids is 2. The fraction of sp³-hybridized carbons (Fsp3) is 0.429. The van der Waals surface area contributed by atoms with Crippen molar-refractivity contribution in [3.63, 3.8) is 0 Å². The number of carbonyl (C=O) groups is 2. The first kappa shape index (κ1) is 15.3. The molecule has 1 rings (SSSR count). The zero-order valence-corrected chi connectivity index (χ0v) is 10.9. The van der Waals surface area contributed by atoms with Crippen LogP contribution in [-0.4, -0.2) is 25.0 Å². The third kappa shape index (κ3) is 6.10. The van der Waals surface area contributed by atoms with Crippen molar-refractivity contribution >= 4 is 11.8 Å². The molecule has 0 N–H and O–H groups in total. The molecule has 0 aromatic heterocycles. The Kier molecular flexibility index (Phi) is 6.74. The average molecular weight is 268 g/mol. The third-order valence-corrected chi connectivity index (χ3v) is 2.39. The number of benzene rings is 1. The van der Waals surface area contributed by atoms with Crippen LogP contribution in [0.1, 0.15) is 25.3 Å². The number of ether oxygens (including phenoxy) is 2. The summed E-state index contributed by atoms with van der Waals surface area (Å²) in [6, 6.07) is 6.22. The van der Waals surface area contributed by atoms with Crippen LogP contribution in [0.3, 0.4) is 0 Å². The van der Waals surface area contributed by atoms with Crippen molar-refractivity contribution in [1.82, 2.24) is 0 Å². The first-order valence-electron chi connectivity index (χ1n) is 6.12. The number of ketones is 1. The van der Waals surface area contributed by atoms with Gasteiger partial charge in [0.15, 0.2) is 5.78 Å². The van der Waals surface area contributed by atoms with E-state index in [0.29, 0.717) is 12.2 Å². The van der Waals surface area contributed by atoms with Crippen molar-refractivity contribution in [2.75, 3.05) is 13.2 Å². The summed E-state index contributed by atoms with van der Waals surface area (Å²) in [6.45, 7) is 1.92. The van der Waals surface area contributed by atoms with Crippen LogP contribution in [0.15, 0.2) is 24.3 Å². The predicted octanol–water partition coefficient (Wildman–Crippen LogP) is 2.25. The molecular weight excluding hydrogens is 251 g/mol. The molecule has 0 heterocycles. The summed E-state index contributed by atoms with van der Waals surface area (Å²) >= 11 is 0. The normalized spacial score (nSPS) is 10.2. The standard InChI is InChI=1S/C14H17FO4/c1-2-19-14(17)8-7-12(16)10-18-9-11-5-3-4-6-13(11)15/h3-6H,2,7-10H2,1H3. The molecule has 0 saturated heterocycles. The molecule has 4 nitrogen and oxygen atoms in total. The summed E-state index contributed by atoms with van der Waals surface area (Å²) in [5.74, 6) is -0.962. The third-order valence-electron chi connectivity index (χ3n) is 2.39. The minimum atomic E-state index is -0.398. The lowest BCUT2D eigenvalue weighted by Crippen LogP contribution is -2.12. The van der Waals surface area contributed by atoms with Gasteiger partial charge >= 0.3 is 5.97 Å². The summed E-state index contributed by atoms with van der Waals surface area (Å²) in [5.41, 5.74) is 0.403. The van der Waals surface area contributed by atoms with E-state index in [1.807, 2.05) is 0 Å². The lowest BCUT2D eigenvalue weighted by molar-refractivity contribution is -0.144. The Morgan fingerprint density at radius 3 is 2.63 bits per heavy atom. The van der Waals surface area contributed by atoms with Gasteiger partial charge in [-0.15, -0.1) is 0 Å². The average Bonchev–Trinajstić information content (AvgIpc) is 2.39. The van der Waals surface area contributed by atoms with E-state index in [9.17, 15) is 14.0 Å². The van der Waals surface area contributed by atoms with Gasteiger partial charge in [-0.1, -0.05) is 18.2 Å². The fourth-order valence-corrected chi connectivity index (χ4v) is 1.44. The van der Waals surface area contributed by atoms with Gasteiger partial charge in [-0.3, -0.25) is 9.59 Å². The summed E-state index contributed by atoms with van der Waals surface area (Å²) in [6.07, 6.45) is 0.131. The lowest BCUT2D eigenvalue weighted by Gasteiger charge is -2.05. The molecule has 0 atom stereocenters. The molecule has 104 valence electrons. The van der Waals surface area contributed by atoms with Crippen molar-refractivity contribution in [1.29, 1.82) is 0 Å². The molecule has 0 saturated carbocycles. The maximum Gasteiger partial charge on any atom is 0.306 e. The van der Waals surface area contributed by atoms with E-state index in [1.165, 1.54) is 6.07 Å². The van der Waals surface area contributed by atoms with E-state index in [4.69, 9.17) is 9.47 Å². The lowest BCUT2D eigenvalue weighted by atomic mass is 10.2. The zero-order chi connectivity index (χ0) is 14.1. The predicted molar refractivity (Wildman–Crippen MR) is 66.9 cm³/mol. The molecule has 0 bridgehead atoms. The summed E-state index contributed by atoms with van der Waals surface area (Å²) in [4.78, 5) is 22.4. The first-order chi connectivity index (χ1) is 9.13. The van der Waals surface area contributed by atoms with E-state index in [2.05, 4.69) is 0 Å². The van der Waals surface area contributed by atoms with Gasteiger partial charge in [-0.05, 0) is 13.0 Å². The smallest absolute Gasteiger partial charge is 0.306 e. The molecule has 0 fully saturated rings. The topological polar surface area (TPSA) is 52.6 Å². The molecule has 0 amide bonds. The highest BCUT2D eigenvalue weighted by molar-refractivity contribution is 5.83. The van der Waals surface area contributed by atoms with Crippen LogP contribution in [0.25, 0.3) is 0 Å². The van der Waals surface area contributed by atoms with Gasteiger partial charge in [0, 0.05) is 12.0 Å². The van der Waals surface area contributed by atoms with Crippen LogP contribution in [0.5, 0.6) is 0 Å². The van der Waals surface area contributed by atoms with Crippen LogP contribution in [0.2, 0.25) is 0 Å². The second-order valence-corrected chi connectivity index (χ2v) is 3.93.